The van der Waals surface area contributed by atoms with Gasteiger partial charge in [0.2, 0.25) is 5.78 Å². The molecule has 0 fully saturated rings. The van der Waals surface area contributed by atoms with Crippen molar-refractivity contribution in [3.05, 3.63) is 53.1 Å². The summed E-state index contributed by atoms with van der Waals surface area (Å²) < 4.78 is 20.8. The summed E-state index contributed by atoms with van der Waals surface area (Å²) >= 11 is 0. The third-order valence-electron chi connectivity index (χ3n) is 4.29. The van der Waals surface area contributed by atoms with E-state index in [4.69, 9.17) is 18.9 Å². The molecule has 0 bridgehead atoms. The van der Waals surface area contributed by atoms with E-state index in [0.717, 1.165) is 5.56 Å². The quantitative estimate of drug-likeness (QED) is 0.480. The predicted octanol–water partition coefficient (Wildman–Crippen LogP) is 3.94. The van der Waals surface area contributed by atoms with E-state index in [1.165, 1.54) is 19.8 Å². The molecule has 0 aliphatic heterocycles. The monoisotopic (exact) mass is 386 g/mol. The average Bonchev–Trinajstić information content (AvgIpc) is 2.69. The lowest BCUT2D eigenvalue weighted by Crippen LogP contribution is -2.20. The van der Waals surface area contributed by atoms with E-state index in [2.05, 4.69) is 13.8 Å². The number of hydrogen-bond acceptors (Lipinski definition) is 6. The standard InChI is InChI=1S/C22H26O6/c1-14(2)18-8-7-17(10-15(18)3)27-13-22(24)28-12-20(23)19-9-6-16(25-4)11-21(19)26-5/h6-11,14H,12-13H2,1-5H3. The smallest absolute Gasteiger partial charge is 0.344 e. The van der Waals surface area contributed by atoms with Crippen molar-refractivity contribution in [2.75, 3.05) is 27.4 Å². The first-order valence-corrected chi connectivity index (χ1v) is 9.00. The first-order valence-electron chi connectivity index (χ1n) is 9.00. The van der Waals surface area contributed by atoms with Crippen LogP contribution in [-0.2, 0) is 9.53 Å². The number of carbonyl (C=O) groups is 2. The van der Waals surface area contributed by atoms with Gasteiger partial charge in [-0.05, 0) is 48.2 Å². The molecule has 0 N–H and O–H groups in total. The topological polar surface area (TPSA) is 71.1 Å². The maximum Gasteiger partial charge on any atom is 0.344 e. The molecule has 0 radical (unpaired) electrons. The highest BCUT2D eigenvalue weighted by molar-refractivity contribution is 6.00. The van der Waals surface area contributed by atoms with Gasteiger partial charge in [0, 0.05) is 6.07 Å². The molecule has 28 heavy (non-hydrogen) atoms. The van der Waals surface area contributed by atoms with Crippen LogP contribution < -0.4 is 14.2 Å². The Hall–Kier alpha value is -3.02. The van der Waals surface area contributed by atoms with Gasteiger partial charge in [-0.15, -0.1) is 0 Å². The Morgan fingerprint density at radius 1 is 0.929 bits per heavy atom. The molecule has 2 aromatic carbocycles. The van der Waals surface area contributed by atoms with Gasteiger partial charge in [0.1, 0.15) is 17.2 Å². The molecule has 0 unspecified atom stereocenters. The minimum absolute atomic E-state index is 0.270. The fourth-order valence-corrected chi connectivity index (χ4v) is 2.82. The SMILES string of the molecule is COc1ccc(C(=O)COC(=O)COc2ccc(C(C)C)c(C)c2)c(OC)c1. The van der Waals surface area contributed by atoms with Crippen LogP contribution in [0, 0.1) is 6.92 Å². The minimum atomic E-state index is -0.619. The van der Waals surface area contributed by atoms with Crippen molar-refractivity contribution in [3.63, 3.8) is 0 Å². The Labute approximate surface area is 165 Å². The molecule has 0 amide bonds. The highest BCUT2D eigenvalue weighted by Crippen LogP contribution is 2.25. The van der Waals surface area contributed by atoms with E-state index < -0.39 is 12.6 Å². The van der Waals surface area contributed by atoms with Gasteiger partial charge >= 0.3 is 5.97 Å². The van der Waals surface area contributed by atoms with Crippen LogP contribution in [0.3, 0.4) is 0 Å². The molecule has 0 heterocycles. The molecule has 0 spiro atoms. The molecular formula is C22H26O6. The van der Waals surface area contributed by atoms with E-state index in [1.54, 1.807) is 18.2 Å². The van der Waals surface area contributed by atoms with Crippen LogP contribution in [-0.4, -0.2) is 39.2 Å². The van der Waals surface area contributed by atoms with E-state index in [-0.39, 0.29) is 12.4 Å². The van der Waals surface area contributed by atoms with Crippen molar-refractivity contribution in [2.24, 2.45) is 0 Å². The number of carbonyl (C=O) groups excluding carboxylic acids is 2. The highest BCUT2D eigenvalue weighted by Gasteiger charge is 2.16. The number of rotatable bonds is 9. The molecule has 0 aliphatic carbocycles. The summed E-state index contributed by atoms with van der Waals surface area (Å²) in [6.07, 6.45) is 0. The Bertz CT molecular complexity index is 841. The minimum Gasteiger partial charge on any atom is -0.497 e. The summed E-state index contributed by atoms with van der Waals surface area (Å²) in [4.78, 5) is 24.2. The van der Waals surface area contributed by atoms with Gasteiger partial charge in [-0.25, -0.2) is 4.79 Å². The van der Waals surface area contributed by atoms with Crippen molar-refractivity contribution in [3.8, 4) is 17.2 Å². The number of esters is 1. The highest BCUT2D eigenvalue weighted by atomic mass is 16.6. The van der Waals surface area contributed by atoms with E-state index in [0.29, 0.717) is 28.7 Å². The Balaban J connectivity index is 1.89. The van der Waals surface area contributed by atoms with Crippen LogP contribution in [0.2, 0.25) is 0 Å². The van der Waals surface area contributed by atoms with Gasteiger partial charge in [-0.2, -0.15) is 0 Å². The van der Waals surface area contributed by atoms with Crippen molar-refractivity contribution < 1.29 is 28.5 Å². The summed E-state index contributed by atoms with van der Waals surface area (Å²) in [6.45, 7) is 5.58. The van der Waals surface area contributed by atoms with Crippen molar-refractivity contribution >= 4 is 11.8 Å². The molecular weight excluding hydrogens is 360 g/mol. The average molecular weight is 386 g/mol. The number of aryl methyl sites for hydroxylation is 1. The third kappa shape index (κ3) is 5.49. The molecule has 0 saturated carbocycles. The molecule has 6 nitrogen and oxygen atoms in total. The summed E-state index contributed by atoms with van der Waals surface area (Å²) in [5.41, 5.74) is 2.65. The van der Waals surface area contributed by atoms with Gasteiger partial charge in [0.25, 0.3) is 0 Å². The molecule has 2 rings (SSSR count). The second-order valence-corrected chi connectivity index (χ2v) is 6.61. The molecule has 0 aliphatic rings. The van der Waals surface area contributed by atoms with E-state index >= 15 is 0 Å². The van der Waals surface area contributed by atoms with Crippen LogP contribution in [0.25, 0.3) is 0 Å². The largest absolute Gasteiger partial charge is 0.497 e. The maximum atomic E-state index is 12.3. The Morgan fingerprint density at radius 3 is 2.25 bits per heavy atom. The Kier molecular flexibility index (Phi) is 7.44. The van der Waals surface area contributed by atoms with Crippen LogP contribution in [0.5, 0.6) is 17.2 Å². The molecule has 150 valence electrons. The normalized spacial score (nSPS) is 10.5. The van der Waals surface area contributed by atoms with Gasteiger partial charge in [-0.3, -0.25) is 4.79 Å². The van der Waals surface area contributed by atoms with Crippen LogP contribution >= 0.6 is 0 Å². The molecule has 6 heteroatoms. The number of methoxy groups -OCH3 is 2. The number of benzene rings is 2. The van der Waals surface area contributed by atoms with Crippen LogP contribution in [0.15, 0.2) is 36.4 Å². The lowest BCUT2D eigenvalue weighted by molar-refractivity contribution is -0.144. The summed E-state index contributed by atoms with van der Waals surface area (Å²) in [5, 5.41) is 0. The van der Waals surface area contributed by atoms with Gasteiger partial charge in [0.15, 0.2) is 13.2 Å². The number of ketones is 1. The van der Waals surface area contributed by atoms with Crippen LogP contribution in [0.4, 0.5) is 0 Å². The zero-order chi connectivity index (χ0) is 20.7. The first kappa shape index (κ1) is 21.3. The predicted molar refractivity (Wildman–Crippen MR) is 106 cm³/mol. The summed E-state index contributed by atoms with van der Waals surface area (Å²) in [5.74, 6) is 0.938. The fraction of sp³-hybridized carbons (Fsp3) is 0.364. The summed E-state index contributed by atoms with van der Waals surface area (Å²) in [7, 11) is 2.98. The van der Waals surface area contributed by atoms with Crippen molar-refractivity contribution in [1.82, 2.24) is 0 Å². The second-order valence-electron chi connectivity index (χ2n) is 6.61. The zero-order valence-electron chi connectivity index (χ0n) is 16.9. The van der Waals surface area contributed by atoms with Crippen molar-refractivity contribution in [1.29, 1.82) is 0 Å². The van der Waals surface area contributed by atoms with E-state index in [9.17, 15) is 9.59 Å². The summed E-state index contributed by atoms with van der Waals surface area (Å²) in [6, 6.07) is 10.5. The third-order valence-corrected chi connectivity index (χ3v) is 4.29. The lowest BCUT2D eigenvalue weighted by Gasteiger charge is -2.12. The lowest BCUT2D eigenvalue weighted by atomic mass is 9.98. The van der Waals surface area contributed by atoms with Gasteiger partial charge < -0.3 is 18.9 Å². The molecule has 2 aromatic rings. The second kappa shape index (κ2) is 9.78. The number of ether oxygens (including phenoxy) is 4. The molecule has 0 saturated heterocycles. The van der Waals surface area contributed by atoms with Gasteiger partial charge in [0.05, 0.1) is 19.8 Å². The fourth-order valence-electron chi connectivity index (χ4n) is 2.82. The van der Waals surface area contributed by atoms with Gasteiger partial charge in [-0.1, -0.05) is 19.9 Å². The first-order chi connectivity index (χ1) is 13.3. The Morgan fingerprint density at radius 2 is 1.64 bits per heavy atom. The zero-order valence-corrected chi connectivity index (χ0v) is 16.9. The van der Waals surface area contributed by atoms with E-state index in [1.807, 2.05) is 25.1 Å². The van der Waals surface area contributed by atoms with Crippen LogP contribution in [0.1, 0.15) is 41.3 Å². The molecule has 0 atom stereocenters. The number of hydrogen-bond donors (Lipinski definition) is 0. The molecule has 0 aromatic heterocycles. The number of Topliss-reactive ketones (excluding diaryl/α,β-unsaturated/α-hetero) is 1. The maximum absolute atomic E-state index is 12.3. The van der Waals surface area contributed by atoms with Crippen molar-refractivity contribution in [2.45, 2.75) is 26.7 Å².